The standard InChI is InChI=1S/C17H19N7/c1-12-8-16(21-10-19-12)23-13-3-6-24(7-4-13)17-14-2-5-18-9-15(14)20-11-22-17/h2,5,8-11,13H,3-4,6-7H2,1H3,(H,19,21,23). The highest BCUT2D eigenvalue weighted by atomic mass is 15.2. The molecule has 1 saturated heterocycles. The van der Waals surface area contributed by atoms with Crippen molar-refractivity contribution in [1.82, 2.24) is 24.9 Å². The molecule has 122 valence electrons. The van der Waals surface area contributed by atoms with Crippen LogP contribution in [0.5, 0.6) is 0 Å². The van der Waals surface area contributed by atoms with Gasteiger partial charge in [-0.1, -0.05) is 0 Å². The van der Waals surface area contributed by atoms with Crippen LogP contribution in [0.3, 0.4) is 0 Å². The second-order valence-corrected chi connectivity index (χ2v) is 6.04. The Balaban J connectivity index is 1.46. The van der Waals surface area contributed by atoms with E-state index >= 15 is 0 Å². The van der Waals surface area contributed by atoms with Crippen LogP contribution in [0.2, 0.25) is 0 Å². The van der Waals surface area contributed by atoms with Crippen LogP contribution >= 0.6 is 0 Å². The van der Waals surface area contributed by atoms with Crippen LogP contribution in [0.4, 0.5) is 11.6 Å². The van der Waals surface area contributed by atoms with Crippen molar-refractivity contribution in [2.45, 2.75) is 25.8 Å². The van der Waals surface area contributed by atoms with Crippen LogP contribution in [0.15, 0.2) is 37.2 Å². The molecule has 0 spiro atoms. The highest BCUT2D eigenvalue weighted by molar-refractivity contribution is 5.88. The molecule has 4 heterocycles. The molecule has 3 aromatic heterocycles. The molecule has 1 N–H and O–H groups in total. The van der Waals surface area contributed by atoms with Gasteiger partial charge >= 0.3 is 0 Å². The first-order valence-electron chi connectivity index (χ1n) is 8.14. The van der Waals surface area contributed by atoms with Crippen LogP contribution in [0.25, 0.3) is 10.9 Å². The molecule has 1 fully saturated rings. The number of nitrogens with one attached hydrogen (secondary N) is 1. The van der Waals surface area contributed by atoms with Crippen molar-refractivity contribution >= 4 is 22.5 Å². The Morgan fingerprint density at radius 2 is 1.92 bits per heavy atom. The van der Waals surface area contributed by atoms with Gasteiger partial charge in [-0.05, 0) is 25.8 Å². The number of nitrogens with zero attached hydrogens (tertiary/aromatic N) is 6. The summed E-state index contributed by atoms with van der Waals surface area (Å²) < 4.78 is 0. The van der Waals surface area contributed by atoms with Gasteiger partial charge in [-0.25, -0.2) is 19.9 Å². The van der Waals surface area contributed by atoms with Gasteiger partial charge in [0.25, 0.3) is 0 Å². The molecular formula is C17H19N7. The average Bonchev–Trinajstić information content (AvgIpc) is 2.62. The van der Waals surface area contributed by atoms with E-state index in [0.717, 1.165) is 54.2 Å². The second-order valence-electron chi connectivity index (χ2n) is 6.04. The van der Waals surface area contributed by atoms with Crippen LogP contribution < -0.4 is 10.2 Å². The monoisotopic (exact) mass is 321 g/mol. The van der Waals surface area contributed by atoms with Crippen molar-refractivity contribution in [3.8, 4) is 0 Å². The number of pyridine rings is 1. The molecule has 0 amide bonds. The Morgan fingerprint density at radius 3 is 2.75 bits per heavy atom. The van der Waals surface area contributed by atoms with Gasteiger partial charge in [0.05, 0.1) is 11.7 Å². The van der Waals surface area contributed by atoms with E-state index in [1.807, 2.05) is 19.1 Å². The zero-order valence-electron chi connectivity index (χ0n) is 13.6. The van der Waals surface area contributed by atoms with Crippen molar-refractivity contribution in [1.29, 1.82) is 0 Å². The third-order valence-corrected chi connectivity index (χ3v) is 4.37. The van der Waals surface area contributed by atoms with Gasteiger partial charge in [-0.15, -0.1) is 0 Å². The fourth-order valence-electron chi connectivity index (χ4n) is 3.12. The summed E-state index contributed by atoms with van der Waals surface area (Å²) in [5.41, 5.74) is 1.87. The molecule has 1 aliphatic heterocycles. The minimum absolute atomic E-state index is 0.422. The van der Waals surface area contributed by atoms with Gasteiger partial charge in [0.2, 0.25) is 0 Å². The van der Waals surface area contributed by atoms with E-state index in [2.05, 4.69) is 35.1 Å². The molecule has 0 aromatic carbocycles. The molecule has 1 aliphatic rings. The van der Waals surface area contributed by atoms with E-state index in [4.69, 9.17) is 0 Å². The van der Waals surface area contributed by atoms with E-state index in [1.54, 1.807) is 25.0 Å². The number of anilines is 2. The van der Waals surface area contributed by atoms with Gasteiger partial charge in [0.15, 0.2) is 0 Å². The molecule has 24 heavy (non-hydrogen) atoms. The Labute approximate surface area is 140 Å². The van der Waals surface area contributed by atoms with E-state index in [1.165, 1.54) is 0 Å². The molecule has 0 aliphatic carbocycles. The summed E-state index contributed by atoms with van der Waals surface area (Å²) in [7, 11) is 0. The largest absolute Gasteiger partial charge is 0.367 e. The molecule has 4 rings (SSSR count). The predicted molar refractivity (Wildman–Crippen MR) is 93.0 cm³/mol. The van der Waals surface area contributed by atoms with Crippen molar-refractivity contribution in [3.63, 3.8) is 0 Å². The molecule has 0 unspecified atom stereocenters. The molecule has 0 radical (unpaired) electrons. The van der Waals surface area contributed by atoms with Crippen molar-refractivity contribution in [2.24, 2.45) is 0 Å². The summed E-state index contributed by atoms with van der Waals surface area (Å²) in [6, 6.07) is 4.39. The molecule has 0 saturated carbocycles. The Bertz CT molecular complexity index is 838. The zero-order chi connectivity index (χ0) is 16.4. The van der Waals surface area contributed by atoms with Crippen LogP contribution in [0.1, 0.15) is 18.5 Å². The molecule has 7 heteroatoms. The van der Waals surface area contributed by atoms with Gasteiger partial charge in [0.1, 0.15) is 24.3 Å². The smallest absolute Gasteiger partial charge is 0.139 e. The normalized spacial score (nSPS) is 15.6. The van der Waals surface area contributed by atoms with Crippen molar-refractivity contribution < 1.29 is 0 Å². The van der Waals surface area contributed by atoms with Crippen molar-refractivity contribution in [3.05, 3.63) is 42.9 Å². The van der Waals surface area contributed by atoms with Crippen LogP contribution in [-0.2, 0) is 0 Å². The third-order valence-electron chi connectivity index (χ3n) is 4.37. The minimum atomic E-state index is 0.422. The molecule has 7 nitrogen and oxygen atoms in total. The number of rotatable bonds is 3. The molecule has 3 aromatic rings. The third kappa shape index (κ3) is 2.97. The maximum absolute atomic E-state index is 4.50. The summed E-state index contributed by atoms with van der Waals surface area (Å²) in [6.07, 6.45) is 8.88. The Kier molecular flexibility index (Phi) is 3.90. The lowest BCUT2D eigenvalue weighted by molar-refractivity contribution is 0.523. The number of hydrogen-bond donors (Lipinski definition) is 1. The number of aryl methyl sites for hydroxylation is 1. The second kappa shape index (κ2) is 6.35. The first-order chi connectivity index (χ1) is 11.8. The first-order valence-corrected chi connectivity index (χ1v) is 8.14. The highest BCUT2D eigenvalue weighted by Gasteiger charge is 2.21. The van der Waals surface area contributed by atoms with E-state index < -0.39 is 0 Å². The predicted octanol–water partition coefficient (Wildman–Crippen LogP) is 2.20. The summed E-state index contributed by atoms with van der Waals surface area (Å²) in [5.74, 6) is 1.90. The maximum atomic E-state index is 4.50. The summed E-state index contributed by atoms with van der Waals surface area (Å²) in [4.78, 5) is 23.7. The van der Waals surface area contributed by atoms with E-state index in [-0.39, 0.29) is 0 Å². The lowest BCUT2D eigenvalue weighted by Crippen LogP contribution is -2.39. The number of aromatic nitrogens is 5. The fraction of sp³-hybridized carbons (Fsp3) is 0.353. The SMILES string of the molecule is Cc1cc(NC2CCN(c3ncnc4cnccc34)CC2)ncn1. The average molecular weight is 321 g/mol. The minimum Gasteiger partial charge on any atom is -0.367 e. The summed E-state index contributed by atoms with van der Waals surface area (Å²) >= 11 is 0. The molecule has 0 atom stereocenters. The first kappa shape index (κ1) is 14.7. The lowest BCUT2D eigenvalue weighted by Gasteiger charge is -2.33. The van der Waals surface area contributed by atoms with Gasteiger partial charge < -0.3 is 10.2 Å². The molecule has 0 bridgehead atoms. The number of hydrogen-bond acceptors (Lipinski definition) is 7. The van der Waals surface area contributed by atoms with Gasteiger partial charge in [-0.2, -0.15) is 0 Å². The van der Waals surface area contributed by atoms with E-state index in [9.17, 15) is 0 Å². The number of piperidine rings is 1. The summed E-state index contributed by atoms with van der Waals surface area (Å²) in [6.45, 7) is 3.89. The van der Waals surface area contributed by atoms with Crippen LogP contribution in [-0.4, -0.2) is 44.1 Å². The summed E-state index contributed by atoms with van der Waals surface area (Å²) in [5, 5.41) is 4.57. The molecular weight excluding hydrogens is 302 g/mol. The maximum Gasteiger partial charge on any atom is 0.139 e. The quantitative estimate of drug-likeness (QED) is 0.792. The fourth-order valence-corrected chi connectivity index (χ4v) is 3.12. The van der Waals surface area contributed by atoms with E-state index in [0.29, 0.717) is 6.04 Å². The number of fused-ring (bicyclic) bond motifs is 1. The highest BCUT2D eigenvalue weighted by Crippen LogP contribution is 2.25. The van der Waals surface area contributed by atoms with Crippen molar-refractivity contribution in [2.75, 3.05) is 23.3 Å². The Hall–Kier alpha value is -2.83. The lowest BCUT2D eigenvalue weighted by atomic mass is 10.0. The Morgan fingerprint density at radius 1 is 1.08 bits per heavy atom. The zero-order valence-corrected chi connectivity index (χ0v) is 13.6. The topological polar surface area (TPSA) is 79.7 Å². The van der Waals surface area contributed by atoms with Crippen LogP contribution in [0, 0.1) is 6.92 Å². The van der Waals surface area contributed by atoms with Gasteiger partial charge in [-0.3, -0.25) is 4.98 Å². The van der Waals surface area contributed by atoms with Gasteiger partial charge in [0, 0.05) is 42.5 Å².